The molecular formula is C23H36N2O4. The number of carbonyl (C=O) groups is 2. The minimum Gasteiger partial charge on any atom is -0.492 e. The van der Waals surface area contributed by atoms with E-state index in [2.05, 4.69) is 24.5 Å². The molecule has 2 N–H and O–H groups in total. The van der Waals surface area contributed by atoms with E-state index in [1.54, 1.807) is 0 Å². The summed E-state index contributed by atoms with van der Waals surface area (Å²) in [5.74, 6) is 1.68. The first-order chi connectivity index (χ1) is 13.9. The van der Waals surface area contributed by atoms with Gasteiger partial charge in [-0.3, -0.25) is 4.79 Å². The molecule has 1 atom stereocenters. The minimum atomic E-state index is -0.675. The van der Waals surface area contributed by atoms with Gasteiger partial charge >= 0.3 is 5.97 Å². The predicted molar refractivity (Wildman–Crippen MR) is 114 cm³/mol. The first-order valence-corrected chi connectivity index (χ1v) is 10.7. The molecule has 0 heterocycles. The molecule has 2 rings (SSSR count). The van der Waals surface area contributed by atoms with Crippen LogP contribution in [-0.4, -0.2) is 45.2 Å². The highest BCUT2D eigenvalue weighted by molar-refractivity contribution is 5.86. The summed E-state index contributed by atoms with van der Waals surface area (Å²) < 4.78 is 10.5. The van der Waals surface area contributed by atoms with Crippen molar-refractivity contribution in [3.05, 3.63) is 29.8 Å². The molecule has 0 radical (unpaired) electrons. The number of benzene rings is 1. The van der Waals surface area contributed by atoms with E-state index in [0.717, 1.165) is 43.5 Å². The highest BCUT2D eigenvalue weighted by atomic mass is 16.5. The number of esters is 1. The van der Waals surface area contributed by atoms with Crippen molar-refractivity contribution in [3.63, 3.8) is 0 Å². The quantitative estimate of drug-likeness (QED) is 0.463. The first-order valence-electron chi connectivity index (χ1n) is 10.7. The highest BCUT2D eigenvalue weighted by Gasteiger charge is 2.30. The Morgan fingerprint density at radius 1 is 1.10 bits per heavy atom. The van der Waals surface area contributed by atoms with Crippen molar-refractivity contribution >= 4 is 11.9 Å². The molecule has 0 spiro atoms. The van der Waals surface area contributed by atoms with E-state index in [0.29, 0.717) is 24.9 Å². The molecule has 1 aliphatic rings. The Bertz CT molecular complexity index is 637. The third-order valence-corrected chi connectivity index (χ3v) is 5.87. The van der Waals surface area contributed by atoms with Gasteiger partial charge in [-0.15, -0.1) is 0 Å². The van der Waals surface area contributed by atoms with E-state index in [-0.39, 0.29) is 11.8 Å². The minimum absolute atomic E-state index is 0.0138. The second kappa shape index (κ2) is 11.8. The Labute approximate surface area is 174 Å². The molecule has 1 aliphatic carbocycles. The van der Waals surface area contributed by atoms with Crippen LogP contribution in [0, 0.1) is 17.8 Å². The fraction of sp³-hybridized carbons (Fsp3) is 0.652. The van der Waals surface area contributed by atoms with Gasteiger partial charge in [0.1, 0.15) is 18.4 Å². The SMILES string of the molecule is CNCCOc1ccc(CC(NC(=O)C2CCC(C(C)C)CC2)C(=O)OC)cc1. The summed E-state index contributed by atoms with van der Waals surface area (Å²) in [7, 11) is 3.23. The second-order valence-corrected chi connectivity index (χ2v) is 8.24. The summed E-state index contributed by atoms with van der Waals surface area (Å²) in [4.78, 5) is 25.0. The summed E-state index contributed by atoms with van der Waals surface area (Å²) >= 11 is 0. The van der Waals surface area contributed by atoms with Crippen LogP contribution in [0.2, 0.25) is 0 Å². The van der Waals surface area contributed by atoms with Gasteiger partial charge in [-0.1, -0.05) is 26.0 Å². The molecule has 6 nitrogen and oxygen atoms in total. The maximum atomic E-state index is 12.8. The first kappa shape index (κ1) is 23.2. The normalized spacial score (nSPS) is 20.2. The lowest BCUT2D eigenvalue weighted by Gasteiger charge is -2.31. The number of carbonyl (C=O) groups excluding carboxylic acids is 2. The fourth-order valence-corrected chi connectivity index (χ4v) is 3.90. The smallest absolute Gasteiger partial charge is 0.328 e. The average Bonchev–Trinajstić information content (AvgIpc) is 2.74. The van der Waals surface area contributed by atoms with E-state index in [4.69, 9.17) is 9.47 Å². The van der Waals surface area contributed by atoms with Gasteiger partial charge in [-0.2, -0.15) is 0 Å². The van der Waals surface area contributed by atoms with Crippen molar-refractivity contribution in [1.82, 2.24) is 10.6 Å². The van der Waals surface area contributed by atoms with E-state index >= 15 is 0 Å². The molecular weight excluding hydrogens is 368 g/mol. The molecule has 1 aromatic carbocycles. The Hall–Kier alpha value is -2.08. The van der Waals surface area contributed by atoms with E-state index in [9.17, 15) is 9.59 Å². The van der Waals surface area contributed by atoms with Crippen molar-refractivity contribution in [2.45, 2.75) is 52.0 Å². The molecule has 0 bridgehead atoms. The summed E-state index contributed by atoms with van der Waals surface area (Å²) in [5.41, 5.74) is 0.949. The van der Waals surface area contributed by atoms with Gasteiger partial charge in [-0.25, -0.2) is 4.79 Å². The largest absolute Gasteiger partial charge is 0.492 e. The number of hydrogen-bond donors (Lipinski definition) is 2. The van der Waals surface area contributed by atoms with Gasteiger partial charge in [0, 0.05) is 18.9 Å². The number of methoxy groups -OCH3 is 1. The lowest BCUT2D eigenvalue weighted by atomic mass is 9.76. The van der Waals surface area contributed by atoms with E-state index in [1.807, 2.05) is 31.3 Å². The highest BCUT2D eigenvalue weighted by Crippen LogP contribution is 2.33. The zero-order valence-electron chi connectivity index (χ0n) is 18.2. The standard InChI is InChI=1S/C23H36N2O4/c1-16(2)18-7-9-19(10-8-18)22(26)25-21(23(27)28-4)15-17-5-11-20(12-6-17)29-14-13-24-3/h5-6,11-12,16,18-19,21,24H,7-10,13-15H2,1-4H3,(H,25,26). The van der Waals surface area contributed by atoms with Gasteiger partial charge < -0.3 is 20.1 Å². The van der Waals surface area contributed by atoms with Crippen LogP contribution in [0.4, 0.5) is 0 Å². The van der Waals surface area contributed by atoms with Crippen molar-refractivity contribution in [3.8, 4) is 5.75 Å². The molecule has 1 aromatic rings. The number of nitrogens with one attached hydrogen (secondary N) is 2. The average molecular weight is 405 g/mol. The molecule has 1 fully saturated rings. The number of rotatable bonds is 10. The third-order valence-electron chi connectivity index (χ3n) is 5.87. The molecule has 1 unspecified atom stereocenters. The van der Waals surface area contributed by atoms with Crippen molar-refractivity contribution in [2.75, 3.05) is 27.3 Å². The Morgan fingerprint density at radius 2 is 1.76 bits per heavy atom. The lowest BCUT2D eigenvalue weighted by Crippen LogP contribution is -2.46. The summed E-state index contributed by atoms with van der Waals surface area (Å²) in [6.07, 6.45) is 4.33. The number of amides is 1. The molecule has 6 heteroatoms. The molecule has 29 heavy (non-hydrogen) atoms. The zero-order chi connectivity index (χ0) is 21.2. The van der Waals surface area contributed by atoms with Gasteiger partial charge in [0.05, 0.1) is 7.11 Å². The number of ether oxygens (including phenoxy) is 2. The Kier molecular flexibility index (Phi) is 9.45. The van der Waals surface area contributed by atoms with Crippen molar-refractivity contribution < 1.29 is 19.1 Å². The zero-order valence-corrected chi connectivity index (χ0v) is 18.2. The van der Waals surface area contributed by atoms with Gasteiger partial charge in [-0.05, 0) is 62.3 Å². The molecule has 0 aromatic heterocycles. The van der Waals surface area contributed by atoms with Crippen LogP contribution in [0.25, 0.3) is 0 Å². The number of hydrogen-bond acceptors (Lipinski definition) is 5. The molecule has 0 saturated heterocycles. The van der Waals surface area contributed by atoms with Crippen LogP contribution in [0.5, 0.6) is 5.75 Å². The summed E-state index contributed by atoms with van der Waals surface area (Å²) in [6.45, 7) is 5.86. The maximum absolute atomic E-state index is 12.8. The summed E-state index contributed by atoms with van der Waals surface area (Å²) in [6, 6.07) is 6.93. The fourth-order valence-electron chi connectivity index (χ4n) is 3.90. The molecule has 1 saturated carbocycles. The Balaban J connectivity index is 1.92. The van der Waals surface area contributed by atoms with Crippen molar-refractivity contribution in [2.24, 2.45) is 17.8 Å². The maximum Gasteiger partial charge on any atom is 0.328 e. The topological polar surface area (TPSA) is 76.7 Å². The van der Waals surface area contributed by atoms with Gasteiger partial charge in [0.25, 0.3) is 0 Å². The van der Waals surface area contributed by atoms with E-state index < -0.39 is 12.0 Å². The second-order valence-electron chi connectivity index (χ2n) is 8.24. The van der Waals surface area contributed by atoms with Gasteiger partial charge in [0.15, 0.2) is 0 Å². The monoisotopic (exact) mass is 404 g/mol. The van der Waals surface area contributed by atoms with Crippen LogP contribution in [0.3, 0.4) is 0 Å². The number of likely N-dealkylation sites (N-methyl/N-ethyl adjacent to an activating group) is 1. The predicted octanol–water partition coefficient (Wildman–Crippen LogP) is 2.95. The van der Waals surface area contributed by atoms with Crippen molar-refractivity contribution in [1.29, 1.82) is 0 Å². The van der Waals surface area contributed by atoms with Crippen LogP contribution in [-0.2, 0) is 20.7 Å². The van der Waals surface area contributed by atoms with Crippen LogP contribution >= 0.6 is 0 Å². The lowest BCUT2D eigenvalue weighted by molar-refractivity contribution is -0.145. The molecule has 162 valence electrons. The molecule has 0 aliphatic heterocycles. The Morgan fingerprint density at radius 3 is 2.31 bits per heavy atom. The van der Waals surface area contributed by atoms with E-state index in [1.165, 1.54) is 7.11 Å². The van der Waals surface area contributed by atoms with Crippen LogP contribution < -0.4 is 15.4 Å². The van der Waals surface area contributed by atoms with Crippen LogP contribution in [0.15, 0.2) is 24.3 Å². The van der Waals surface area contributed by atoms with Crippen LogP contribution in [0.1, 0.15) is 45.1 Å². The third kappa shape index (κ3) is 7.35. The molecule has 1 amide bonds. The summed E-state index contributed by atoms with van der Waals surface area (Å²) in [5, 5.41) is 5.96. The van der Waals surface area contributed by atoms with Gasteiger partial charge in [0.2, 0.25) is 5.91 Å².